The van der Waals surface area contributed by atoms with Gasteiger partial charge in [-0.1, -0.05) is 30.3 Å². The van der Waals surface area contributed by atoms with Crippen LogP contribution in [0, 0.1) is 13.8 Å². The second kappa shape index (κ2) is 10.7. The van der Waals surface area contributed by atoms with Crippen LogP contribution in [0.15, 0.2) is 36.4 Å². The molecule has 0 fully saturated rings. The zero-order valence-electron chi connectivity index (χ0n) is 16.9. The maximum atomic E-state index is 12.6. The molecule has 2 rings (SSSR count). The predicted molar refractivity (Wildman–Crippen MR) is 114 cm³/mol. The van der Waals surface area contributed by atoms with E-state index in [1.165, 1.54) is 11.8 Å². The summed E-state index contributed by atoms with van der Waals surface area (Å²) in [5, 5.41) is 2.37. The number of nitrogens with two attached hydrogens (primary N) is 1. The molecule has 0 aliphatic carbocycles. The predicted octanol–water partition coefficient (Wildman–Crippen LogP) is 2.67. The van der Waals surface area contributed by atoms with E-state index in [1.807, 2.05) is 50.4 Å². The molecule has 7 nitrogen and oxygen atoms in total. The summed E-state index contributed by atoms with van der Waals surface area (Å²) in [5.41, 5.74) is 8.55. The molecule has 8 heteroatoms. The van der Waals surface area contributed by atoms with Crippen molar-refractivity contribution in [3.05, 3.63) is 58.9 Å². The Bertz CT molecular complexity index is 864. The highest BCUT2D eigenvalue weighted by atomic mass is 32.2. The van der Waals surface area contributed by atoms with Gasteiger partial charge in [0.1, 0.15) is 6.04 Å². The fraction of sp³-hybridized carbons (Fsp3) is 0.381. The van der Waals surface area contributed by atoms with Gasteiger partial charge in [0, 0.05) is 23.5 Å². The molecule has 2 aromatic rings. The van der Waals surface area contributed by atoms with Gasteiger partial charge < -0.3 is 20.4 Å². The first-order valence-electron chi connectivity index (χ1n) is 9.28. The number of hydrogen-bond donors (Lipinski definition) is 2. The molecule has 156 valence electrons. The molecule has 0 aliphatic heterocycles. The SMILES string of the molecule is CSCC[C@@H](NC(N)=O)C(=O)OCC(=O)c1cc(C)n(Cc2ccccc2)c1C. The number of esters is 1. The molecule has 1 heterocycles. The summed E-state index contributed by atoms with van der Waals surface area (Å²) in [7, 11) is 0. The van der Waals surface area contributed by atoms with E-state index in [1.54, 1.807) is 6.07 Å². The summed E-state index contributed by atoms with van der Waals surface area (Å²) < 4.78 is 7.22. The minimum atomic E-state index is -0.863. The van der Waals surface area contributed by atoms with Gasteiger partial charge in [0.15, 0.2) is 6.61 Å². The Morgan fingerprint density at radius 2 is 1.90 bits per heavy atom. The highest BCUT2D eigenvalue weighted by molar-refractivity contribution is 7.98. The van der Waals surface area contributed by atoms with Crippen LogP contribution in [-0.4, -0.2) is 47.0 Å². The van der Waals surface area contributed by atoms with Crippen molar-refractivity contribution in [3.8, 4) is 0 Å². The summed E-state index contributed by atoms with van der Waals surface area (Å²) >= 11 is 1.53. The van der Waals surface area contributed by atoms with Crippen LogP contribution < -0.4 is 11.1 Å². The van der Waals surface area contributed by atoms with Gasteiger partial charge in [0.25, 0.3) is 0 Å². The Hall–Kier alpha value is -2.74. The van der Waals surface area contributed by atoms with E-state index in [9.17, 15) is 14.4 Å². The number of rotatable bonds is 10. The van der Waals surface area contributed by atoms with E-state index in [0.717, 1.165) is 17.0 Å². The number of benzene rings is 1. The molecular formula is C21H27N3O4S. The molecule has 0 saturated carbocycles. The molecule has 1 aromatic heterocycles. The van der Waals surface area contributed by atoms with Crippen LogP contribution in [-0.2, 0) is 16.1 Å². The number of primary amides is 1. The van der Waals surface area contributed by atoms with Gasteiger partial charge in [-0.3, -0.25) is 4.79 Å². The number of hydrogen-bond acceptors (Lipinski definition) is 5. The van der Waals surface area contributed by atoms with E-state index in [2.05, 4.69) is 9.88 Å². The molecule has 1 aromatic carbocycles. The van der Waals surface area contributed by atoms with Crippen molar-refractivity contribution >= 4 is 29.5 Å². The average molecular weight is 418 g/mol. The largest absolute Gasteiger partial charge is 0.456 e. The molecular weight excluding hydrogens is 390 g/mol. The van der Waals surface area contributed by atoms with Crippen molar-refractivity contribution in [1.29, 1.82) is 0 Å². The molecule has 0 saturated heterocycles. The molecule has 3 N–H and O–H groups in total. The average Bonchev–Trinajstić information content (AvgIpc) is 2.98. The molecule has 0 radical (unpaired) electrons. The van der Waals surface area contributed by atoms with Crippen LogP contribution in [0.25, 0.3) is 0 Å². The van der Waals surface area contributed by atoms with Gasteiger partial charge in [-0.25, -0.2) is 9.59 Å². The van der Waals surface area contributed by atoms with Gasteiger partial charge in [0.05, 0.1) is 0 Å². The molecule has 1 atom stereocenters. The maximum Gasteiger partial charge on any atom is 0.329 e. The van der Waals surface area contributed by atoms with Crippen LogP contribution in [0.1, 0.15) is 33.7 Å². The Labute approximate surface area is 175 Å². The number of nitrogens with one attached hydrogen (secondary N) is 1. The number of ketones is 1. The number of Topliss-reactive ketones (excluding diaryl/α,β-unsaturated/α-hetero) is 1. The summed E-state index contributed by atoms with van der Waals surface area (Å²) in [6.45, 7) is 4.09. The van der Waals surface area contributed by atoms with Crippen molar-refractivity contribution in [3.63, 3.8) is 0 Å². The van der Waals surface area contributed by atoms with Gasteiger partial charge in [-0.2, -0.15) is 11.8 Å². The number of carbonyl (C=O) groups excluding carboxylic acids is 3. The number of carbonyl (C=O) groups is 3. The Balaban J connectivity index is 2.04. The number of aromatic nitrogens is 1. The lowest BCUT2D eigenvalue weighted by Gasteiger charge is -2.15. The quantitative estimate of drug-likeness (QED) is 0.457. The molecule has 0 unspecified atom stereocenters. The van der Waals surface area contributed by atoms with Crippen LogP contribution in [0.2, 0.25) is 0 Å². The molecule has 29 heavy (non-hydrogen) atoms. The number of amides is 2. The third kappa shape index (κ3) is 6.39. The fourth-order valence-corrected chi connectivity index (χ4v) is 3.54. The number of aryl methyl sites for hydroxylation is 1. The number of urea groups is 1. The van der Waals surface area contributed by atoms with Crippen molar-refractivity contribution in [1.82, 2.24) is 9.88 Å². The monoisotopic (exact) mass is 417 g/mol. The molecule has 0 spiro atoms. The Morgan fingerprint density at radius 3 is 2.52 bits per heavy atom. The fourth-order valence-electron chi connectivity index (χ4n) is 3.06. The van der Waals surface area contributed by atoms with Gasteiger partial charge in [0.2, 0.25) is 5.78 Å². The summed E-state index contributed by atoms with van der Waals surface area (Å²) in [6, 6.07) is 10.1. The third-order valence-electron chi connectivity index (χ3n) is 4.61. The molecule has 0 aliphatic rings. The van der Waals surface area contributed by atoms with E-state index in [0.29, 0.717) is 24.3 Å². The third-order valence-corrected chi connectivity index (χ3v) is 5.26. The van der Waals surface area contributed by atoms with Gasteiger partial charge >= 0.3 is 12.0 Å². The minimum Gasteiger partial charge on any atom is -0.456 e. The molecule has 0 bridgehead atoms. The number of ether oxygens (including phenoxy) is 1. The Kier molecular flexibility index (Phi) is 8.33. The van der Waals surface area contributed by atoms with Crippen molar-refractivity contribution in [2.24, 2.45) is 5.73 Å². The highest BCUT2D eigenvalue weighted by Gasteiger charge is 2.23. The second-order valence-corrected chi connectivity index (χ2v) is 7.72. The zero-order valence-corrected chi connectivity index (χ0v) is 17.8. The highest BCUT2D eigenvalue weighted by Crippen LogP contribution is 2.18. The normalized spacial score (nSPS) is 11.7. The first-order valence-corrected chi connectivity index (χ1v) is 10.7. The lowest BCUT2D eigenvalue weighted by Crippen LogP contribution is -2.45. The second-order valence-electron chi connectivity index (χ2n) is 6.73. The smallest absolute Gasteiger partial charge is 0.329 e. The van der Waals surface area contributed by atoms with E-state index >= 15 is 0 Å². The maximum absolute atomic E-state index is 12.6. The number of nitrogens with zero attached hydrogens (tertiary/aromatic N) is 1. The van der Waals surface area contributed by atoms with Crippen LogP contribution in [0.5, 0.6) is 0 Å². The van der Waals surface area contributed by atoms with Crippen molar-refractivity contribution in [2.75, 3.05) is 18.6 Å². The zero-order chi connectivity index (χ0) is 21.4. The van der Waals surface area contributed by atoms with Crippen molar-refractivity contribution in [2.45, 2.75) is 32.9 Å². The summed E-state index contributed by atoms with van der Waals surface area (Å²) in [5.74, 6) is -0.299. The first-order chi connectivity index (χ1) is 13.8. The van der Waals surface area contributed by atoms with E-state index in [4.69, 9.17) is 10.5 Å². The first kappa shape index (κ1) is 22.5. The topological polar surface area (TPSA) is 103 Å². The summed E-state index contributed by atoms with van der Waals surface area (Å²) in [6.07, 6.45) is 2.27. The van der Waals surface area contributed by atoms with Crippen LogP contribution in [0.4, 0.5) is 4.79 Å². The van der Waals surface area contributed by atoms with E-state index in [-0.39, 0.29) is 12.4 Å². The van der Waals surface area contributed by atoms with Gasteiger partial charge in [-0.05, 0) is 43.9 Å². The molecule has 2 amide bonds. The van der Waals surface area contributed by atoms with Crippen LogP contribution >= 0.6 is 11.8 Å². The van der Waals surface area contributed by atoms with Crippen molar-refractivity contribution < 1.29 is 19.1 Å². The Morgan fingerprint density at radius 1 is 1.21 bits per heavy atom. The standard InChI is InChI=1S/C21H27N3O4S/c1-14-11-17(15(2)24(14)12-16-7-5-4-6-8-16)19(25)13-28-20(26)18(9-10-29-3)23-21(22)27/h4-8,11,18H,9-10,12-13H2,1-3H3,(H3,22,23,27)/t18-/m1/s1. The lowest BCUT2D eigenvalue weighted by atomic mass is 10.1. The summed E-state index contributed by atoms with van der Waals surface area (Å²) in [4.78, 5) is 36.0. The van der Waals surface area contributed by atoms with Crippen LogP contribution in [0.3, 0.4) is 0 Å². The minimum absolute atomic E-state index is 0.284. The number of thioether (sulfide) groups is 1. The lowest BCUT2D eigenvalue weighted by molar-refractivity contribution is -0.144. The van der Waals surface area contributed by atoms with E-state index < -0.39 is 18.0 Å². The van der Waals surface area contributed by atoms with Gasteiger partial charge in [-0.15, -0.1) is 0 Å².